The van der Waals surface area contributed by atoms with Gasteiger partial charge in [-0.05, 0) is 26.3 Å². The Labute approximate surface area is 135 Å². The molecule has 6 heteroatoms. The molecule has 1 aromatic heterocycles. The fourth-order valence-electron chi connectivity index (χ4n) is 1.86. The summed E-state index contributed by atoms with van der Waals surface area (Å²) in [6.45, 7) is 6.86. The number of hydrogen-bond acceptors (Lipinski definition) is 6. The Hall–Kier alpha value is -1.50. The summed E-state index contributed by atoms with van der Waals surface area (Å²) in [5.41, 5.74) is 1.95. The van der Waals surface area contributed by atoms with E-state index < -0.39 is 6.10 Å². The minimum Gasteiger partial charge on any atom is -0.473 e. The average Bonchev–Trinajstić information content (AvgIpc) is 2.90. The van der Waals surface area contributed by atoms with Crippen molar-refractivity contribution in [1.82, 2.24) is 14.1 Å². The van der Waals surface area contributed by atoms with Crippen LogP contribution < -0.4 is 10.1 Å². The Bertz CT molecular complexity index is 566. The third kappa shape index (κ3) is 5.71. The Kier molecular flexibility index (Phi) is 5.88. The zero-order valence-electron chi connectivity index (χ0n) is 13.2. The van der Waals surface area contributed by atoms with Gasteiger partial charge in [0.15, 0.2) is 0 Å². The lowest BCUT2D eigenvalue weighted by Crippen LogP contribution is -2.42. The molecule has 22 heavy (non-hydrogen) atoms. The molecule has 0 amide bonds. The van der Waals surface area contributed by atoms with Gasteiger partial charge in [0.1, 0.15) is 18.4 Å². The van der Waals surface area contributed by atoms with Crippen molar-refractivity contribution in [3.63, 3.8) is 0 Å². The third-order valence-corrected chi connectivity index (χ3v) is 3.57. The molecule has 0 aliphatic carbocycles. The highest BCUT2D eigenvalue weighted by Gasteiger charge is 2.15. The van der Waals surface area contributed by atoms with Gasteiger partial charge in [0.05, 0.1) is 11.7 Å². The second-order valence-corrected chi connectivity index (χ2v) is 6.80. The molecule has 1 atom stereocenters. The number of aromatic nitrogens is 2. The van der Waals surface area contributed by atoms with Crippen molar-refractivity contribution < 1.29 is 9.84 Å². The topological polar surface area (TPSA) is 67.3 Å². The Morgan fingerprint density at radius 3 is 2.64 bits per heavy atom. The van der Waals surface area contributed by atoms with Gasteiger partial charge in [-0.1, -0.05) is 30.3 Å². The summed E-state index contributed by atoms with van der Waals surface area (Å²) in [4.78, 5) is 0. The molecule has 0 aliphatic rings. The van der Waals surface area contributed by atoms with Gasteiger partial charge in [-0.3, -0.25) is 0 Å². The Balaban J connectivity index is 1.85. The monoisotopic (exact) mass is 321 g/mol. The van der Waals surface area contributed by atoms with Crippen LogP contribution in [0.2, 0.25) is 0 Å². The van der Waals surface area contributed by atoms with Crippen LogP contribution in [-0.4, -0.2) is 38.6 Å². The maximum Gasteiger partial charge on any atom is 0.249 e. The van der Waals surface area contributed by atoms with Gasteiger partial charge in [-0.2, -0.15) is 4.37 Å². The number of hydrogen-bond donors (Lipinski definition) is 2. The lowest BCUT2D eigenvalue weighted by molar-refractivity contribution is 0.0977. The van der Waals surface area contributed by atoms with E-state index in [1.165, 1.54) is 0 Å². The number of aliphatic hydroxyl groups excluding tert-OH is 1. The molecule has 0 unspecified atom stereocenters. The van der Waals surface area contributed by atoms with Gasteiger partial charge in [0.25, 0.3) is 0 Å². The van der Waals surface area contributed by atoms with Crippen molar-refractivity contribution in [3.8, 4) is 5.88 Å². The van der Waals surface area contributed by atoms with Gasteiger partial charge in [0, 0.05) is 18.5 Å². The first-order valence-corrected chi connectivity index (χ1v) is 8.08. The number of β-amino-alcohol motifs (C(OH)–C–C–N with tert-alkyl or cyclic N) is 1. The van der Waals surface area contributed by atoms with Crippen LogP contribution in [0.15, 0.2) is 30.3 Å². The summed E-state index contributed by atoms with van der Waals surface area (Å²) in [5.74, 6) is 0.517. The molecule has 2 aromatic rings. The number of ether oxygens (including phenoxy) is 1. The fraction of sp³-hybridized carbons (Fsp3) is 0.500. The van der Waals surface area contributed by atoms with Crippen LogP contribution in [0.25, 0.3) is 0 Å². The first-order chi connectivity index (χ1) is 10.4. The first-order valence-electron chi connectivity index (χ1n) is 7.35. The first kappa shape index (κ1) is 16.9. The van der Waals surface area contributed by atoms with E-state index in [4.69, 9.17) is 4.74 Å². The summed E-state index contributed by atoms with van der Waals surface area (Å²) >= 11 is 1.13. The SMILES string of the molecule is CC(C)(C)NC[C@H](O)COc1nsnc1Cc1ccccc1. The molecule has 0 fully saturated rings. The molecule has 1 heterocycles. The summed E-state index contributed by atoms with van der Waals surface area (Å²) in [6.07, 6.45) is 0.105. The van der Waals surface area contributed by atoms with Crippen molar-refractivity contribution in [2.45, 2.75) is 38.8 Å². The van der Waals surface area contributed by atoms with Crippen molar-refractivity contribution in [3.05, 3.63) is 41.6 Å². The predicted molar refractivity (Wildman–Crippen MR) is 88.4 cm³/mol. The molecule has 120 valence electrons. The molecule has 0 spiro atoms. The maximum absolute atomic E-state index is 9.96. The van der Waals surface area contributed by atoms with E-state index in [1.807, 2.05) is 30.3 Å². The molecule has 0 bridgehead atoms. The van der Waals surface area contributed by atoms with Gasteiger partial charge >= 0.3 is 0 Å². The van der Waals surface area contributed by atoms with Crippen LogP contribution in [0, 0.1) is 0 Å². The quantitative estimate of drug-likeness (QED) is 0.819. The molecule has 2 rings (SSSR count). The highest BCUT2D eigenvalue weighted by molar-refractivity contribution is 6.99. The van der Waals surface area contributed by atoms with E-state index in [1.54, 1.807) is 0 Å². The molecule has 2 N–H and O–H groups in total. The van der Waals surface area contributed by atoms with Gasteiger partial charge in [-0.25, -0.2) is 0 Å². The molecule has 1 aromatic carbocycles. The molecular weight excluding hydrogens is 298 g/mol. The number of nitrogens with one attached hydrogen (secondary N) is 1. The van der Waals surface area contributed by atoms with Crippen LogP contribution in [0.4, 0.5) is 0 Å². The lowest BCUT2D eigenvalue weighted by Gasteiger charge is -2.22. The number of aliphatic hydroxyl groups is 1. The molecule has 0 aliphatic heterocycles. The predicted octanol–water partition coefficient (Wildman–Crippen LogP) is 2.26. The zero-order valence-corrected chi connectivity index (χ0v) is 14.1. The van der Waals surface area contributed by atoms with Crippen molar-refractivity contribution in [2.24, 2.45) is 0 Å². The van der Waals surface area contributed by atoms with E-state index in [0.29, 0.717) is 18.8 Å². The number of nitrogens with zero attached hydrogens (tertiary/aromatic N) is 2. The Morgan fingerprint density at radius 1 is 1.23 bits per heavy atom. The summed E-state index contributed by atoms with van der Waals surface area (Å²) < 4.78 is 14.1. The Morgan fingerprint density at radius 2 is 1.95 bits per heavy atom. The van der Waals surface area contributed by atoms with Gasteiger partial charge < -0.3 is 15.2 Å². The highest BCUT2D eigenvalue weighted by Crippen LogP contribution is 2.19. The van der Waals surface area contributed by atoms with E-state index in [9.17, 15) is 5.11 Å². The fourth-order valence-corrected chi connectivity index (χ4v) is 2.38. The maximum atomic E-state index is 9.96. The van der Waals surface area contributed by atoms with Crippen LogP contribution in [0.5, 0.6) is 5.88 Å². The molecule has 0 saturated carbocycles. The van der Waals surface area contributed by atoms with E-state index in [0.717, 1.165) is 23.0 Å². The molecular formula is C16H23N3O2S. The normalized spacial score (nSPS) is 13.1. The lowest BCUT2D eigenvalue weighted by atomic mass is 10.1. The standard InChI is InChI=1S/C16H23N3O2S/c1-16(2,3)17-10-13(20)11-21-15-14(18-22-19-15)9-12-7-5-4-6-8-12/h4-8,13,17,20H,9-11H2,1-3H3/t13-/m0/s1. The molecule has 5 nitrogen and oxygen atoms in total. The second-order valence-electron chi connectivity index (χ2n) is 6.27. The van der Waals surface area contributed by atoms with Crippen molar-refractivity contribution >= 4 is 11.7 Å². The van der Waals surface area contributed by atoms with Crippen LogP contribution in [-0.2, 0) is 6.42 Å². The largest absolute Gasteiger partial charge is 0.473 e. The number of benzene rings is 1. The summed E-state index contributed by atoms with van der Waals surface area (Å²) in [5, 5.41) is 13.2. The van der Waals surface area contributed by atoms with Crippen LogP contribution >= 0.6 is 11.7 Å². The minimum absolute atomic E-state index is 0.0262. The van der Waals surface area contributed by atoms with E-state index in [2.05, 4.69) is 34.8 Å². The minimum atomic E-state index is -0.578. The van der Waals surface area contributed by atoms with Crippen LogP contribution in [0.1, 0.15) is 32.0 Å². The highest BCUT2D eigenvalue weighted by atomic mass is 32.1. The third-order valence-electron chi connectivity index (χ3n) is 3.02. The van der Waals surface area contributed by atoms with Crippen LogP contribution in [0.3, 0.4) is 0 Å². The number of rotatable bonds is 7. The molecule has 0 saturated heterocycles. The second kappa shape index (κ2) is 7.67. The molecule has 0 radical (unpaired) electrons. The zero-order chi connectivity index (χ0) is 16.0. The van der Waals surface area contributed by atoms with Gasteiger partial charge in [0.2, 0.25) is 5.88 Å². The van der Waals surface area contributed by atoms with E-state index >= 15 is 0 Å². The van der Waals surface area contributed by atoms with Crippen molar-refractivity contribution in [2.75, 3.05) is 13.2 Å². The summed E-state index contributed by atoms with van der Waals surface area (Å²) in [7, 11) is 0. The van der Waals surface area contributed by atoms with Crippen molar-refractivity contribution in [1.29, 1.82) is 0 Å². The average molecular weight is 321 g/mol. The summed E-state index contributed by atoms with van der Waals surface area (Å²) in [6, 6.07) is 10.1. The smallest absolute Gasteiger partial charge is 0.249 e. The van der Waals surface area contributed by atoms with Gasteiger partial charge in [-0.15, -0.1) is 4.37 Å². The van der Waals surface area contributed by atoms with E-state index in [-0.39, 0.29) is 12.1 Å².